The van der Waals surface area contributed by atoms with Crippen LogP contribution < -0.4 is 5.32 Å². The third kappa shape index (κ3) is 4.80. The van der Waals surface area contributed by atoms with Crippen LogP contribution in [0.15, 0.2) is 43.0 Å². The average molecular weight is 461 g/mol. The molecular weight excluding hydrogens is 438 g/mol. The van der Waals surface area contributed by atoms with Crippen LogP contribution in [0.2, 0.25) is 0 Å². The van der Waals surface area contributed by atoms with Crippen LogP contribution in [-0.2, 0) is 19.0 Å². The number of hydrogen-bond donors (Lipinski definition) is 2. The summed E-state index contributed by atoms with van der Waals surface area (Å²) >= 11 is 0. The summed E-state index contributed by atoms with van der Waals surface area (Å²) in [4.78, 5) is 16.4. The van der Waals surface area contributed by atoms with Gasteiger partial charge >= 0.3 is 6.18 Å². The molecule has 1 aliphatic carbocycles. The predicted molar refractivity (Wildman–Crippen MR) is 114 cm³/mol. The molecule has 1 saturated carbocycles. The number of anilines is 1. The first-order valence-corrected chi connectivity index (χ1v) is 10.5. The number of alkyl halides is 3. The molecule has 0 aliphatic heterocycles. The lowest BCUT2D eigenvalue weighted by atomic mass is 9.64. The Bertz CT molecular complexity index is 1130. The molecule has 2 atom stereocenters. The maximum atomic E-state index is 13.5. The van der Waals surface area contributed by atoms with Crippen molar-refractivity contribution in [3.63, 3.8) is 0 Å². The summed E-state index contributed by atoms with van der Waals surface area (Å²) < 4.78 is 53.9. The molecule has 0 spiro atoms. The van der Waals surface area contributed by atoms with Gasteiger partial charge in [-0.05, 0) is 42.7 Å². The summed E-state index contributed by atoms with van der Waals surface area (Å²) in [6, 6.07) is 5.52. The number of aliphatic hydroxyl groups is 1. The Morgan fingerprint density at radius 2 is 1.82 bits per heavy atom. The van der Waals surface area contributed by atoms with Crippen molar-refractivity contribution in [3.8, 4) is 11.3 Å². The van der Waals surface area contributed by atoms with Gasteiger partial charge in [0.2, 0.25) is 0 Å². The first-order valence-electron chi connectivity index (χ1n) is 10.5. The minimum absolute atomic E-state index is 0.233. The molecule has 0 amide bonds. The first-order chi connectivity index (χ1) is 15.6. The van der Waals surface area contributed by atoms with E-state index in [1.165, 1.54) is 18.5 Å². The third-order valence-electron chi connectivity index (χ3n) is 6.19. The van der Waals surface area contributed by atoms with Gasteiger partial charge in [-0.15, -0.1) is 0 Å². The van der Waals surface area contributed by atoms with Gasteiger partial charge in [0.05, 0.1) is 11.8 Å². The van der Waals surface area contributed by atoms with Crippen molar-refractivity contribution in [2.24, 2.45) is 5.41 Å². The molecule has 2 heterocycles. The van der Waals surface area contributed by atoms with Crippen molar-refractivity contribution >= 4 is 5.82 Å². The Hall–Kier alpha value is -3.14. The highest BCUT2D eigenvalue weighted by Gasteiger charge is 2.48. The summed E-state index contributed by atoms with van der Waals surface area (Å²) in [5.74, 6) is -0.424. The molecule has 0 bridgehead atoms. The van der Waals surface area contributed by atoms with Crippen LogP contribution in [0.3, 0.4) is 0 Å². The van der Waals surface area contributed by atoms with Crippen LogP contribution in [-0.4, -0.2) is 37.2 Å². The van der Waals surface area contributed by atoms with Crippen molar-refractivity contribution in [3.05, 3.63) is 65.8 Å². The second-order valence-electron chi connectivity index (χ2n) is 8.72. The second-order valence-corrected chi connectivity index (χ2v) is 8.72. The molecule has 2 aromatic heterocycles. The molecule has 174 valence electrons. The lowest BCUT2D eigenvalue weighted by molar-refractivity contribution is -0.137. The van der Waals surface area contributed by atoms with E-state index in [-0.39, 0.29) is 29.9 Å². The van der Waals surface area contributed by atoms with Crippen molar-refractivity contribution < 1.29 is 22.7 Å². The number of benzene rings is 1. The zero-order chi connectivity index (χ0) is 23.8. The fraction of sp³-hybridized carbons (Fsp3) is 0.391. The molecule has 0 radical (unpaired) electrons. The average Bonchev–Trinajstić information content (AvgIpc) is 2.77. The number of hydrogen-bond acceptors (Lipinski definition) is 6. The molecule has 4 rings (SSSR count). The standard InChI is InChI=1S/C23H23F4N5O/c1-22(2)17(9-18(22)33)31-21-16(23(25,26)27)11-29-19(32-21)8-5-14-10-28-12-30-20(14)13-3-6-15(24)7-4-13/h3-4,6-7,10-12,17-18,33H,5,8-9H2,1-2H3,(H,29,31,32)/t17-,18+/m1/s1. The smallest absolute Gasteiger partial charge is 0.392 e. The van der Waals surface area contributed by atoms with Gasteiger partial charge in [-0.1, -0.05) is 13.8 Å². The number of nitrogens with one attached hydrogen (secondary N) is 1. The summed E-state index contributed by atoms with van der Waals surface area (Å²) in [6.45, 7) is 3.58. The van der Waals surface area contributed by atoms with Gasteiger partial charge < -0.3 is 10.4 Å². The zero-order valence-corrected chi connectivity index (χ0v) is 18.1. The van der Waals surface area contributed by atoms with Crippen molar-refractivity contribution in [1.82, 2.24) is 19.9 Å². The SMILES string of the molecule is CC1(C)[C@@H](O)C[C@H]1Nc1nc(CCc2cncnc2-c2ccc(F)cc2)ncc1C(F)(F)F. The maximum Gasteiger partial charge on any atom is 0.421 e. The predicted octanol–water partition coefficient (Wildman–Crippen LogP) is 4.45. The van der Waals surface area contributed by atoms with Gasteiger partial charge in [-0.2, -0.15) is 13.2 Å². The van der Waals surface area contributed by atoms with E-state index in [0.29, 0.717) is 24.1 Å². The highest BCUT2D eigenvalue weighted by atomic mass is 19.4. The van der Waals surface area contributed by atoms with Crippen molar-refractivity contribution in [1.29, 1.82) is 0 Å². The third-order valence-corrected chi connectivity index (χ3v) is 6.19. The largest absolute Gasteiger partial charge is 0.421 e. The van der Waals surface area contributed by atoms with Crippen LogP contribution >= 0.6 is 0 Å². The number of aryl methyl sites for hydroxylation is 2. The van der Waals surface area contributed by atoms with E-state index in [1.54, 1.807) is 32.2 Å². The number of aliphatic hydroxyl groups excluding tert-OH is 1. The van der Waals surface area contributed by atoms with Gasteiger partial charge in [-0.25, -0.2) is 24.3 Å². The molecule has 33 heavy (non-hydrogen) atoms. The number of aromatic nitrogens is 4. The quantitative estimate of drug-likeness (QED) is 0.528. The van der Waals surface area contributed by atoms with Gasteiger partial charge in [0.25, 0.3) is 0 Å². The molecule has 3 aromatic rings. The first kappa shape index (κ1) is 23.0. The van der Waals surface area contributed by atoms with Gasteiger partial charge in [0, 0.05) is 35.8 Å². The molecule has 6 nitrogen and oxygen atoms in total. The summed E-state index contributed by atoms with van der Waals surface area (Å²) in [5.41, 5.74) is 0.541. The Balaban J connectivity index is 1.57. The Morgan fingerprint density at radius 3 is 2.45 bits per heavy atom. The molecule has 1 aromatic carbocycles. The van der Waals surface area contributed by atoms with Crippen molar-refractivity contribution in [2.45, 2.75) is 51.4 Å². The molecule has 1 aliphatic rings. The number of halogens is 4. The Kier molecular flexibility index (Phi) is 6.04. The lowest BCUT2D eigenvalue weighted by Gasteiger charge is -2.49. The minimum Gasteiger partial charge on any atom is -0.392 e. The van der Waals surface area contributed by atoms with Crippen LogP contribution in [0.5, 0.6) is 0 Å². The van der Waals surface area contributed by atoms with E-state index in [9.17, 15) is 22.7 Å². The van der Waals surface area contributed by atoms with E-state index in [4.69, 9.17) is 0 Å². The summed E-state index contributed by atoms with van der Waals surface area (Å²) in [5, 5.41) is 12.8. The highest BCUT2D eigenvalue weighted by Crippen LogP contribution is 2.43. The van der Waals surface area contributed by atoms with Gasteiger partial charge in [0.15, 0.2) is 0 Å². The summed E-state index contributed by atoms with van der Waals surface area (Å²) in [7, 11) is 0. The molecule has 1 fully saturated rings. The molecular formula is C23H23F4N5O. The van der Waals surface area contributed by atoms with E-state index >= 15 is 0 Å². The van der Waals surface area contributed by atoms with E-state index in [0.717, 1.165) is 11.8 Å². The van der Waals surface area contributed by atoms with Crippen LogP contribution in [0.25, 0.3) is 11.3 Å². The van der Waals surface area contributed by atoms with E-state index < -0.39 is 23.3 Å². The van der Waals surface area contributed by atoms with Gasteiger partial charge in [-0.3, -0.25) is 0 Å². The van der Waals surface area contributed by atoms with Crippen LogP contribution in [0.4, 0.5) is 23.4 Å². The second kappa shape index (κ2) is 8.66. The maximum absolute atomic E-state index is 13.5. The highest BCUT2D eigenvalue weighted by molar-refractivity contribution is 5.62. The molecule has 0 saturated heterocycles. The minimum atomic E-state index is -4.61. The van der Waals surface area contributed by atoms with Crippen molar-refractivity contribution in [2.75, 3.05) is 5.32 Å². The van der Waals surface area contributed by atoms with E-state index in [1.807, 2.05) is 0 Å². The van der Waals surface area contributed by atoms with Gasteiger partial charge in [0.1, 0.15) is 29.4 Å². The molecule has 10 heteroatoms. The monoisotopic (exact) mass is 461 g/mol. The lowest BCUT2D eigenvalue weighted by Crippen LogP contribution is -2.57. The van der Waals surface area contributed by atoms with E-state index in [2.05, 4.69) is 25.3 Å². The molecule has 0 unspecified atom stereocenters. The topological polar surface area (TPSA) is 83.8 Å². The summed E-state index contributed by atoms with van der Waals surface area (Å²) in [6.07, 6.45) is -0.441. The normalized spacial score (nSPS) is 19.7. The van der Waals surface area contributed by atoms with Crippen LogP contribution in [0, 0.1) is 11.2 Å². The Morgan fingerprint density at radius 1 is 1.09 bits per heavy atom. The number of rotatable bonds is 6. The molecule has 2 N–H and O–H groups in total. The van der Waals surface area contributed by atoms with Crippen LogP contribution in [0.1, 0.15) is 37.2 Å². The fourth-order valence-electron chi connectivity index (χ4n) is 3.82. The number of nitrogens with zero attached hydrogens (tertiary/aromatic N) is 4. The Labute approximate surface area is 188 Å². The zero-order valence-electron chi connectivity index (χ0n) is 18.1. The fourth-order valence-corrected chi connectivity index (χ4v) is 3.82.